The van der Waals surface area contributed by atoms with E-state index in [0.717, 1.165) is 34.6 Å². The quantitative estimate of drug-likeness (QED) is 0.844. The fraction of sp³-hybridized carbons (Fsp3) is 0.462. The van der Waals surface area contributed by atoms with Gasteiger partial charge >= 0.3 is 0 Å². The van der Waals surface area contributed by atoms with Crippen LogP contribution < -0.4 is 4.74 Å². The summed E-state index contributed by atoms with van der Waals surface area (Å²) in [6.45, 7) is 2.86. The smallest absolute Gasteiger partial charge is 0.178 e. The van der Waals surface area contributed by atoms with Crippen LogP contribution in [0.5, 0.6) is 5.75 Å². The molecule has 0 radical (unpaired) electrons. The minimum absolute atomic E-state index is 0.290. The second-order valence-corrected chi connectivity index (χ2v) is 4.70. The second-order valence-electron chi connectivity index (χ2n) is 4.31. The first-order chi connectivity index (χ1) is 8.67. The highest BCUT2D eigenvalue weighted by Gasteiger charge is 2.11. The van der Waals surface area contributed by atoms with Gasteiger partial charge in [-0.3, -0.25) is 0 Å². The van der Waals surface area contributed by atoms with Crippen molar-refractivity contribution in [3.05, 3.63) is 23.0 Å². The highest BCUT2D eigenvalue weighted by molar-refractivity contribution is 7.71. The molecule has 98 valence electrons. The monoisotopic (exact) mass is 266 g/mol. The minimum atomic E-state index is 0.290. The van der Waals surface area contributed by atoms with Gasteiger partial charge < -0.3 is 19.0 Å². The van der Waals surface area contributed by atoms with Gasteiger partial charge in [-0.25, -0.2) is 0 Å². The molecule has 18 heavy (non-hydrogen) atoms. The molecular formula is C13H18N2O2S. The summed E-state index contributed by atoms with van der Waals surface area (Å²) < 4.78 is 13.2. The number of methoxy groups -OCH3 is 2. The van der Waals surface area contributed by atoms with E-state index in [-0.39, 0.29) is 0 Å². The Bertz CT molecular complexity index is 588. The Morgan fingerprint density at radius 3 is 2.83 bits per heavy atom. The molecule has 5 heteroatoms. The number of ether oxygens (including phenoxy) is 2. The lowest BCUT2D eigenvalue weighted by atomic mass is 10.2. The standard InChI is InChI=1S/C13H18N2O2S/c1-9(6-7-16-2)15-12-8-10(17-3)4-5-11(12)14-13(15)18/h4-5,8-9H,6-7H2,1-3H3,(H,14,18). The van der Waals surface area contributed by atoms with Crippen LogP contribution in [-0.4, -0.2) is 30.4 Å². The third kappa shape index (κ3) is 2.42. The number of imidazole rings is 1. The number of rotatable bonds is 5. The van der Waals surface area contributed by atoms with Crippen LogP contribution in [0.4, 0.5) is 0 Å². The van der Waals surface area contributed by atoms with Crippen LogP contribution in [0.1, 0.15) is 19.4 Å². The number of H-pyrrole nitrogens is 1. The first kappa shape index (κ1) is 13.1. The Kier molecular flexibility index (Phi) is 4.04. The van der Waals surface area contributed by atoms with E-state index in [1.54, 1.807) is 14.2 Å². The lowest BCUT2D eigenvalue weighted by Gasteiger charge is -2.14. The maximum absolute atomic E-state index is 5.38. The van der Waals surface area contributed by atoms with Crippen LogP contribution in [0.2, 0.25) is 0 Å². The number of aromatic amines is 1. The predicted octanol–water partition coefficient (Wildman–Crippen LogP) is 3.30. The summed E-state index contributed by atoms with van der Waals surface area (Å²) in [5.41, 5.74) is 2.10. The van der Waals surface area contributed by atoms with Crippen molar-refractivity contribution < 1.29 is 9.47 Å². The van der Waals surface area contributed by atoms with Crippen LogP contribution in [-0.2, 0) is 4.74 Å². The number of hydrogen-bond acceptors (Lipinski definition) is 3. The van der Waals surface area contributed by atoms with Crippen LogP contribution in [0.25, 0.3) is 11.0 Å². The van der Waals surface area contributed by atoms with E-state index in [1.165, 1.54) is 0 Å². The van der Waals surface area contributed by atoms with Gasteiger partial charge in [-0.05, 0) is 37.7 Å². The molecule has 0 aliphatic carbocycles. The minimum Gasteiger partial charge on any atom is -0.497 e. The number of nitrogens with zero attached hydrogens (tertiary/aromatic N) is 1. The summed E-state index contributed by atoms with van der Waals surface area (Å²) in [5, 5.41) is 0. The molecule has 0 fully saturated rings. The molecule has 2 aromatic rings. The summed E-state index contributed by atoms with van der Waals surface area (Å²) in [6, 6.07) is 6.21. The molecular weight excluding hydrogens is 248 g/mol. The molecule has 1 aromatic heterocycles. The molecule has 0 saturated carbocycles. The van der Waals surface area contributed by atoms with E-state index < -0.39 is 0 Å². The molecule has 1 aromatic carbocycles. The Morgan fingerprint density at radius 2 is 2.17 bits per heavy atom. The van der Waals surface area contributed by atoms with Crippen molar-refractivity contribution in [2.75, 3.05) is 20.8 Å². The van der Waals surface area contributed by atoms with Gasteiger partial charge in [-0.2, -0.15) is 0 Å². The number of fused-ring (bicyclic) bond motifs is 1. The number of nitrogens with one attached hydrogen (secondary N) is 1. The van der Waals surface area contributed by atoms with Gasteiger partial charge in [0.25, 0.3) is 0 Å². The first-order valence-electron chi connectivity index (χ1n) is 5.94. The summed E-state index contributed by atoms with van der Waals surface area (Å²) in [7, 11) is 3.38. The van der Waals surface area contributed by atoms with Crippen molar-refractivity contribution >= 4 is 23.3 Å². The van der Waals surface area contributed by atoms with Crippen LogP contribution in [0.3, 0.4) is 0 Å². The second kappa shape index (κ2) is 5.54. The van der Waals surface area contributed by atoms with E-state index in [9.17, 15) is 0 Å². The molecule has 2 rings (SSSR count). The first-order valence-corrected chi connectivity index (χ1v) is 6.35. The lowest BCUT2D eigenvalue weighted by Crippen LogP contribution is -2.07. The molecule has 1 atom stereocenters. The number of benzene rings is 1. The molecule has 1 heterocycles. The highest BCUT2D eigenvalue weighted by atomic mass is 32.1. The largest absolute Gasteiger partial charge is 0.497 e. The Hall–Kier alpha value is -1.33. The molecule has 0 spiro atoms. The molecule has 0 aliphatic heterocycles. The van der Waals surface area contributed by atoms with Crippen LogP contribution in [0.15, 0.2) is 18.2 Å². The Balaban J connectivity index is 2.47. The number of hydrogen-bond donors (Lipinski definition) is 1. The van der Waals surface area contributed by atoms with E-state index in [4.69, 9.17) is 21.7 Å². The topological polar surface area (TPSA) is 39.2 Å². The van der Waals surface area contributed by atoms with Crippen molar-refractivity contribution in [1.29, 1.82) is 0 Å². The van der Waals surface area contributed by atoms with E-state index in [0.29, 0.717) is 6.04 Å². The zero-order valence-corrected chi connectivity index (χ0v) is 11.7. The average Bonchev–Trinajstić information content (AvgIpc) is 2.70. The van der Waals surface area contributed by atoms with Gasteiger partial charge in [0, 0.05) is 25.8 Å². The van der Waals surface area contributed by atoms with E-state index in [2.05, 4.69) is 16.5 Å². The van der Waals surface area contributed by atoms with Gasteiger partial charge in [0.15, 0.2) is 4.77 Å². The van der Waals surface area contributed by atoms with Crippen molar-refractivity contribution in [2.45, 2.75) is 19.4 Å². The van der Waals surface area contributed by atoms with Crippen molar-refractivity contribution in [2.24, 2.45) is 0 Å². The third-order valence-corrected chi connectivity index (χ3v) is 3.40. The molecule has 1 unspecified atom stereocenters. The molecule has 0 bridgehead atoms. The molecule has 0 amide bonds. The highest BCUT2D eigenvalue weighted by Crippen LogP contribution is 2.24. The Labute approximate surface area is 112 Å². The Morgan fingerprint density at radius 1 is 1.39 bits per heavy atom. The molecule has 1 N–H and O–H groups in total. The zero-order chi connectivity index (χ0) is 13.1. The number of aromatic nitrogens is 2. The van der Waals surface area contributed by atoms with Gasteiger partial charge in [0.1, 0.15) is 5.75 Å². The molecule has 0 saturated heterocycles. The van der Waals surface area contributed by atoms with Gasteiger partial charge in [-0.1, -0.05) is 0 Å². The summed E-state index contributed by atoms with van der Waals surface area (Å²) >= 11 is 5.38. The van der Waals surface area contributed by atoms with Crippen molar-refractivity contribution in [3.63, 3.8) is 0 Å². The summed E-state index contributed by atoms with van der Waals surface area (Å²) in [6.07, 6.45) is 0.926. The van der Waals surface area contributed by atoms with Crippen molar-refractivity contribution in [1.82, 2.24) is 9.55 Å². The van der Waals surface area contributed by atoms with Crippen LogP contribution in [0, 0.1) is 4.77 Å². The SMILES string of the molecule is COCCC(C)n1c(=S)[nH]c2ccc(OC)cc21. The summed E-state index contributed by atoms with van der Waals surface area (Å²) in [5.74, 6) is 0.837. The molecule has 0 aliphatic rings. The van der Waals surface area contributed by atoms with Gasteiger partial charge in [-0.15, -0.1) is 0 Å². The third-order valence-electron chi connectivity index (χ3n) is 3.11. The summed E-state index contributed by atoms with van der Waals surface area (Å²) in [4.78, 5) is 3.22. The zero-order valence-electron chi connectivity index (χ0n) is 10.9. The van der Waals surface area contributed by atoms with E-state index in [1.807, 2.05) is 18.2 Å². The fourth-order valence-electron chi connectivity index (χ4n) is 2.08. The maximum Gasteiger partial charge on any atom is 0.178 e. The average molecular weight is 266 g/mol. The predicted molar refractivity (Wildman–Crippen MR) is 74.9 cm³/mol. The van der Waals surface area contributed by atoms with Crippen molar-refractivity contribution in [3.8, 4) is 5.75 Å². The van der Waals surface area contributed by atoms with Crippen LogP contribution >= 0.6 is 12.2 Å². The van der Waals surface area contributed by atoms with Gasteiger partial charge in [0.05, 0.1) is 18.1 Å². The lowest BCUT2D eigenvalue weighted by molar-refractivity contribution is 0.181. The van der Waals surface area contributed by atoms with E-state index >= 15 is 0 Å². The maximum atomic E-state index is 5.38. The molecule has 4 nitrogen and oxygen atoms in total. The normalized spacial score (nSPS) is 12.8. The fourth-order valence-corrected chi connectivity index (χ4v) is 2.47. The van der Waals surface area contributed by atoms with Gasteiger partial charge in [0.2, 0.25) is 0 Å².